The molecule has 6 nitrogen and oxygen atoms in total. The Labute approximate surface area is 141 Å². The van der Waals surface area contributed by atoms with E-state index in [4.69, 9.17) is 21.8 Å². The summed E-state index contributed by atoms with van der Waals surface area (Å²) >= 11 is 5.92. The van der Waals surface area contributed by atoms with Gasteiger partial charge in [-0.05, 0) is 36.4 Å². The first kappa shape index (κ1) is 15.9. The van der Waals surface area contributed by atoms with Crippen molar-refractivity contribution in [2.75, 3.05) is 5.32 Å². The third-order valence-corrected chi connectivity index (χ3v) is 3.45. The number of nitrogens with one attached hydrogen (secondary N) is 1. The minimum absolute atomic E-state index is 0.165. The highest BCUT2D eigenvalue weighted by Crippen LogP contribution is 2.22. The van der Waals surface area contributed by atoms with Gasteiger partial charge in [0.2, 0.25) is 11.8 Å². The Morgan fingerprint density at radius 2 is 2.08 bits per heavy atom. The summed E-state index contributed by atoms with van der Waals surface area (Å²) in [5.41, 5.74) is 6.06. The van der Waals surface area contributed by atoms with Gasteiger partial charge < -0.3 is 15.5 Å². The van der Waals surface area contributed by atoms with Crippen LogP contribution in [-0.2, 0) is 6.54 Å². The van der Waals surface area contributed by atoms with Crippen molar-refractivity contribution >= 4 is 23.2 Å². The highest BCUT2D eigenvalue weighted by atomic mass is 35.5. The summed E-state index contributed by atoms with van der Waals surface area (Å²) in [6.07, 6.45) is 0. The van der Waals surface area contributed by atoms with Crippen LogP contribution >= 0.6 is 11.6 Å². The smallest absolute Gasteiger partial charge is 0.251 e. The lowest BCUT2D eigenvalue weighted by molar-refractivity contribution is 0.0996. The lowest BCUT2D eigenvalue weighted by Gasteiger charge is -2.05. The fourth-order valence-corrected chi connectivity index (χ4v) is 2.26. The number of hydrogen-bond donors (Lipinski definition) is 2. The number of benzene rings is 2. The van der Waals surface area contributed by atoms with Gasteiger partial charge in [0.1, 0.15) is 5.82 Å². The van der Waals surface area contributed by atoms with E-state index >= 15 is 0 Å². The van der Waals surface area contributed by atoms with Gasteiger partial charge in [-0.1, -0.05) is 17.7 Å². The molecule has 1 amide bonds. The summed E-state index contributed by atoms with van der Waals surface area (Å²) in [6.45, 7) is 0.197. The molecule has 3 N–H and O–H groups in total. The maximum Gasteiger partial charge on any atom is 0.251 e. The number of carbonyl (C=O) groups is 1. The van der Waals surface area contributed by atoms with Crippen LogP contribution in [0.25, 0.3) is 11.5 Å². The third kappa shape index (κ3) is 3.52. The summed E-state index contributed by atoms with van der Waals surface area (Å²) in [7, 11) is 0. The van der Waals surface area contributed by atoms with Crippen molar-refractivity contribution < 1.29 is 13.6 Å². The zero-order valence-electron chi connectivity index (χ0n) is 12.3. The molecule has 0 bridgehead atoms. The first-order valence-corrected chi connectivity index (χ1v) is 7.32. The van der Waals surface area contributed by atoms with Crippen LogP contribution in [0.5, 0.6) is 0 Å². The number of halogens is 2. The molecule has 1 heterocycles. The second-order valence-electron chi connectivity index (χ2n) is 4.92. The van der Waals surface area contributed by atoms with Crippen molar-refractivity contribution in [3.05, 3.63) is 64.8 Å². The normalized spacial score (nSPS) is 10.6. The predicted octanol–water partition coefficient (Wildman–Crippen LogP) is 3.24. The average molecular weight is 347 g/mol. The Hall–Kier alpha value is -2.93. The molecule has 3 aromatic rings. The van der Waals surface area contributed by atoms with E-state index in [1.807, 2.05) is 0 Å². The summed E-state index contributed by atoms with van der Waals surface area (Å²) in [6, 6.07) is 11.1. The molecule has 0 radical (unpaired) electrons. The minimum atomic E-state index is -0.817. The van der Waals surface area contributed by atoms with Crippen LogP contribution in [0.2, 0.25) is 5.02 Å². The van der Waals surface area contributed by atoms with Gasteiger partial charge in [-0.3, -0.25) is 4.79 Å². The van der Waals surface area contributed by atoms with Gasteiger partial charge >= 0.3 is 0 Å². The van der Waals surface area contributed by atoms with E-state index in [2.05, 4.69) is 15.5 Å². The van der Waals surface area contributed by atoms with Gasteiger partial charge in [0.05, 0.1) is 12.1 Å². The molecule has 0 spiro atoms. The molecule has 2 aromatic carbocycles. The number of aromatic nitrogens is 2. The van der Waals surface area contributed by atoms with Crippen LogP contribution in [0.4, 0.5) is 10.1 Å². The molecule has 0 fully saturated rings. The number of nitrogens with zero attached hydrogens (tertiary/aromatic N) is 2. The van der Waals surface area contributed by atoms with E-state index in [9.17, 15) is 9.18 Å². The number of amides is 1. The number of carbonyl (C=O) groups excluding carboxylic acids is 1. The van der Waals surface area contributed by atoms with Gasteiger partial charge in [-0.2, -0.15) is 0 Å². The lowest BCUT2D eigenvalue weighted by atomic mass is 10.2. The molecule has 0 unspecified atom stereocenters. The fourth-order valence-electron chi connectivity index (χ4n) is 2.07. The molecule has 24 heavy (non-hydrogen) atoms. The van der Waals surface area contributed by atoms with Crippen molar-refractivity contribution in [2.45, 2.75) is 6.54 Å². The molecule has 122 valence electrons. The van der Waals surface area contributed by atoms with Crippen molar-refractivity contribution in [1.82, 2.24) is 10.2 Å². The molecule has 0 saturated heterocycles. The van der Waals surface area contributed by atoms with Gasteiger partial charge in [0.15, 0.2) is 0 Å². The van der Waals surface area contributed by atoms with Crippen LogP contribution in [0.1, 0.15) is 16.2 Å². The standard InChI is InChI=1S/C16H12ClFN4O2/c17-10-3-1-2-9(6-10)16-22-21-14(24-16)8-20-11-4-5-12(15(19)23)13(18)7-11/h1-7,20H,8H2,(H2,19,23). The molecule has 0 aliphatic carbocycles. The number of primary amides is 1. The van der Waals surface area contributed by atoms with Crippen molar-refractivity contribution in [3.8, 4) is 11.5 Å². The predicted molar refractivity (Wildman–Crippen MR) is 87.0 cm³/mol. The maximum atomic E-state index is 13.7. The SMILES string of the molecule is NC(=O)c1ccc(NCc2nnc(-c3cccc(Cl)c3)o2)cc1F. The molecule has 0 aliphatic rings. The van der Waals surface area contributed by atoms with Gasteiger partial charge in [-0.25, -0.2) is 4.39 Å². The number of nitrogens with two attached hydrogens (primary N) is 1. The molecule has 3 rings (SSSR count). The summed E-state index contributed by atoms with van der Waals surface area (Å²) < 4.78 is 19.2. The number of hydrogen-bond acceptors (Lipinski definition) is 5. The van der Waals surface area contributed by atoms with Crippen LogP contribution in [0.15, 0.2) is 46.9 Å². The molecule has 8 heteroatoms. The zero-order chi connectivity index (χ0) is 17.1. The summed E-state index contributed by atoms with van der Waals surface area (Å²) in [5.74, 6) is -0.853. The van der Waals surface area contributed by atoms with E-state index < -0.39 is 11.7 Å². The number of anilines is 1. The van der Waals surface area contributed by atoms with E-state index in [1.165, 1.54) is 18.2 Å². The Morgan fingerprint density at radius 1 is 1.25 bits per heavy atom. The second kappa shape index (κ2) is 6.67. The quantitative estimate of drug-likeness (QED) is 0.739. The molecule has 0 saturated carbocycles. The second-order valence-corrected chi connectivity index (χ2v) is 5.36. The largest absolute Gasteiger partial charge is 0.419 e. The molecular weight excluding hydrogens is 335 g/mol. The Morgan fingerprint density at radius 3 is 2.79 bits per heavy atom. The Balaban J connectivity index is 1.70. The first-order valence-electron chi connectivity index (χ1n) is 6.94. The van der Waals surface area contributed by atoms with Crippen LogP contribution < -0.4 is 11.1 Å². The first-order chi connectivity index (χ1) is 11.5. The molecule has 1 aromatic heterocycles. The Bertz CT molecular complexity index is 897. The topological polar surface area (TPSA) is 94.0 Å². The Kier molecular flexibility index (Phi) is 4.43. The summed E-state index contributed by atoms with van der Waals surface area (Å²) in [5, 5.41) is 11.4. The van der Waals surface area contributed by atoms with Crippen molar-refractivity contribution in [1.29, 1.82) is 0 Å². The highest BCUT2D eigenvalue weighted by Gasteiger charge is 2.11. The van der Waals surface area contributed by atoms with Crippen LogP contribution in [0, 0.1) is 5.82 Å². The maximum absolute atomic E-state index is 13.7. The summed E-state index contributed by atoms with van der Waals surface area (Å²) in [4.78, 5) is 11.0. The van der Waals surface area contributed by atoms with Crippen molar-refractivity contribution in [2.24, 2.45) is 5.73 Å². The average Bonchev–Trinajstić information content (AvgIpc) is 3.01. The van der Waals surface area contributed by atoms with E-state index in [0.717, 1.165) is 0 Å². The molecule has 0 aliphatic heterocycles. The zero-order valence-corrected chi connectivity index (χ0v) is 13.0. The lowest BCUT2D eigenvalue weighted by Crippen LogP contribution is -2.13. The van der Waals surface area contributed by atoms with E-state index in [0.29, 0.717) is 28.1 Å². The highest BCUT2D eigenvalue weighted by molar-refractivity contribution is 6.30. The van der Waals surface area contributed by atoms with Gasteiger partial charge in [0.25, 0.3) is 5.91 Å². The third-order valence-electron chi connectivity index (χ3n) is 3.22. The van der Waals surface area contributed by atoms with Gasteiger partial charge in [-0.15, -0.1) is 10.2 Å². The fraction of sp³-hybridized carbons (Fsp3) is 0.0625. The minimum Gasteiger partial charge on any atom is -0.419 e. The van der Waals surface area contributed by atoms with E-state index in [1.54, 1.807) is 24.3 Å². The number of rotatable bonds is 5. The van der Waals surface area contributed by atoms with E-state index in [-0.39, 0.29) is 12.1 Å². The van der Waals surface area contributed by atoms with Crippen LogP contribution in [-0.4, -0.2) is 16.1 Å². The van der Waals surface area contributed by atoms with Crippen molar-refractivity contribution in [3.63, 3.8) is 0 Å². The van der Waals surface area contributed by atoms with Crippen LogP contribution in [0.3, 0.4) is 0 Å². The van der Waals surface area contributed by atoms with Gasteiger partial charge in [0, 0.05) is 16.3 Å². The monoisotopic (exact) mass is 346 g/mol. The molecular formula is C16H12ClFN4O2. The molecule has 0 atom stereocenters.